The molecular weight excluding hydrogens is 321 g/mol. The van der Waals surface area contributed by atoms with Gasteiger partial charge < -0.3 is 15.4 Å². The van der Waals surface area contributed by atoms with Crippen molar-refractivity contribution >= 4 is 5.96 Å². The molecule has 0 bridgehead atoms. The molecule has 24 heavy (non-hydrogen) atoms. The van der Waals surface area contributed by atoms with Crippen LogP contribution in [0, 0.1) is 0 Å². The first-order chi connectivity index (χ1) is 11.5. The highest BCUT2D eigenvalue weighted by molar-refractivity contribution is 5.80. The number of alkyl halides is 3. The Labute approximate surface area is 141 Å². The molecule has 2 heterocycles. The minimum absolute atomic E-state index is 0.00689. The highest BCUT2D eigenvalue weighted by atomic mass is 19.4. The largest absolute Gasteiger partial charge is 0.401 e. The van der Waals surface area contributed by atoms with Crippen molar-refractivity contribution in [1.82, 2.24) is 15.5 Å². The van der Waals surface area contributed by atoms with Gasteiger partial charge in [-0.3, -0.25) is 9.89 Å². The molecule has 1 atom stereocenters. The minimum Gasteiger partial charge on any atom is -0.377 e. The molecule has 0 aromatic rings. The van der Waals surface area contributed by atoms with Crippen LogP contribution in [-0.2, 0) is 4.74 Å². The number of likely N-dealkylation sites (tertiary alicyclic amines) is 1. The molecule has 0 aliphatic carbocycles. The number of hydrogen-bond acceptors (Lipinski definition) is 3. The molecule has 5 nitrogen and oxygen atoms in total. The minimum atomic E-state index is -4.13. The van der Waals surface area contributed by atoms with E-state index in [-0.39, 0.29) is 6.04 Å². The van der Waals surface area contributed by atoms with Gasteiger partial charge in [0.2, 0.25) is 0 Å². The summed E-state index contributed by atoms with van der Waals surface area (Å²) in [6, 6.07) is 0.00689. The Balaban J connectivity index is 1.78. The smallest absolute Gasteiger partial charge is 0.377 e. The average Bonchev–Trinajstić information content (AvgIpc) is 2.93. The van der Waals surface area contributed by atoms with Crippen LogP contribution in [0.3, 0.4) is 0 Å². The van der Waals surface area contributed by atoms with Crippen LogP contribution in [0.4, 0.5) is 13.2 Å². The maximum atomic E-state index is 12.4. The second-order valence-corrected chi connectivity index (χ2v) is 6.18. The first-order valence-corrected chi connectivity index (χ1v) is 8.56. The van der Waals surface area contributed by atoms with E-state index in [1.54, 1.807) is 0 Å². The molecule has 0 amide bonds. The predicted octanol–water partition coefficient (Wildman–Crippen LogP) is 1.91. The van der Waals surface area contributed by atoms with E-state index in [1.165, 1.54) is 10.5 Å². The summed E-state index contributed by atoms with van der Waals surface area (Å²) in [5.41, 5.74) is 1.36. The fourth-order valence-electron chi connectivity index (χ4n) is 2.96. The van der Waals surface area contributed by atoms with E-state index in [1.807, 2.05) is 6.92 Å². The molecular formula is C16H27F3N4O. The van der Waals surface area contributed by atoms with Gasteiger partial charge in [-0.25, -0.2) is 0 Å². The Hall–Kier alpha value is -1.28. The summed E-state index contributed by atoms with van der Waals surface area (Å²) in [5, 5.41) is 6.42. The van der Waals surface area contributed by atoms with Gasteiger partial charge in [0.1, 0.15) is 0 Å². The van der Waals surface area contributed by atoms with E-state index < -0.39 is 12.7 Å². The monoisotopic (exact) mass is 348 g/mol. The van der Waals surface area contributed by atoms with E-state index in [9.17, 15) is 13.2 Å². The van der Waals surface area contributed by atoms with Crippen LogP contribution in [0.1, 0.15) is 26.2 Å². The first-order valence-electron chi connectivity index (χ1n) is 8.56. The summed E-state index contributed by atoms with van der Waals surface area (Å²) in [6.07, 6.45) is 0.512. The van der Waals surface area contributed by atoms with Gasteiger partial charge in [0.15, 0.2) is 5.96 Å². The van der Waals surface area contributed by atoms with E-state index in [4.69, 9.17) is 4.74 Å². The van der Waals surface area contributed by atoms with Crippen molar-refractivity contribution in [2.75, 3.05) is 45.9 Å². The lowest BCUT2D eigenvalue weighted by Gasteiger charge is -2.20. The number of halogens is 3. The average molecular weight is 348 g/mol. The SMILES string of the molecule is CCNC(=NCCC1=CCOCC1)NC1CCN(CC(F)(F)F)C1. The van der Waals surface area contributed by atoms with E-state index in [2.05, 4.69) is 21.7 Å². The molecule has 0 saturated carbocycles. The maximum Gasteiger partial charge on any atom is 0.401 e. The number of hydrogen-bond donors (Lipinski definition) is 2. The van der Waals surface area contributed by atoms with Crippen molar-refractivity contribution in [3.05, 3.63) is 11.6 Å². The van der Waals surface area contributed by atoms with E-state index in [0.717, 1.165) is 26.0 Å². The highest BCUT2D eigenvalue weighted by Crippen LogP contribution is 2.20. The van der Waals surface area contributed by atoms with Gasteiger partial charge >= 0.3 is 6.18 Å². The molecule has 0 aromatic heterocycles. The molecule has 0 radical (unpaired) electrons. The molecule has 1 fully saturated rings. The van der Waals surface area contributed by atoms with Crippen molar-refractivity contribution in [3.8, 4) is 0 Å². The number of rotatable bonds is 6. The Morgan fingerprint density at radius 3 is 2.96 bits per heavy atom. The molecule has 1 unspecified atom stereocenters. The van der Waals surface area contributed by atoms with Crippen LogP contribution in [0.2, 0.25) is 0 Å². The number of aliphatic imine (C=N–C) groups is 1. The Kier molecular flexibility index (Phi) is 7.36. The van der Waals surface area contributed by atoms with Crippen molar-refractivity contribution < 1.29 is 17.9 Å². The number of guanidine groups is 1. The summed E-state index contributed by atoms with van der Waals surface area (Å²) < 4.78 is 42.6. The Bertz CT molecular complexity index is 451. The quantitative estimate of drug-likeness (QED) is 0.437. The van der Waals surface area contributed by atoms with Crippen LogP contribution in [0.5, 0.6) is 0 Å². The van der Waals surface area contributed by atoms with Crippen molar-refractivity contribution in [3.63, 3.8) is 0 Å². The highest BCUT2D eigenvalue weighted by Gasteiger charge is 2.34. The topological polar surface area (TPSA) is 48.9 Å². The van der Waals surface area contributed by atoms with Crippen LogP contribution in [0.15, 0.2) is 16.6 Å². The number of ether oxygens (including phenoxy) is 1. The van der Waals surface area contributed by atoms with E-state index in [0.29, 0.717) is 38.6 Å². The molecule has 2 aliphatic rings. The van der Waals surface area contributed by atoms with Gasteiger partial charge in [-0.1, -0.05) is 11.6 Å². The Morgan fingerprint density at radius 2 is 2.29 bits per heavy atom. The summed E-state index contributed by atoms with van der Waals surface area (Å²) in [5.74, 6) is 0.684. The first kappa shape index (κ1) is 19.1. The van der Waals surface area contributed by atoms with Gasteiger partial charge in [0.05, 0.1) is 19.8 Å². The third kappa shape index (κ3) is 7.09. The van der Waals surface area contributed by atoms with Crippen molar-refractivity contribution in [2.24, 2.45) is 4.99 Å². The summed E-state index contributed by atoms with van der Waals surface area (Å²) in [6.45, 7) is 4.83. The third-order valence-corrected chi connectivity index (χ3v) is 4.12. The standard InChI is InChI=1S/C16H27F3N4O/c1-2-20-15(21-7-3-13-5-9-24-10-6-13)22-14-4-8-23(11-14)12-16(17,18)19/h5,14H,2-4,6-12H2,1H3,(H2,20,21,22). The van der Waals surface area contributed by atoms with Gasteiger partial charge in [-0.2, -0.15) is 13.2 Å². The molecule has 2 rings (SSSR count). The predicted molar refractivity (Wildman–Crippen MR) is 88.2 cm³/mol. The number of nitrogens with one attached hydrogen (secondary N) is 2. The van der Waals surface area contributed by atoms with Gasteiger partial charge in [0, 0.05) is 32.2 Å². The lowest BCUT2D eigenvalue weighted by atomic mass is 10.1. The van der Waals surface area contributed by atoms with Crippen molar-refractivity contribution in [1.29, 1.82) is 0 Å². The molecule has 8 heteroatoms. The normalized spacial score (nSPS) is 23.2. The maximum absolute atomic E-state index is 12.4. The second kappa shape index (κ2) is 9.27. The van der Waals surface area contributed by atoms with Crippen LogP contribution in [0.25, 0.3) is 0 Å². The molecule has 0 spiro atoms. The third-order valence-electron chi connectivity index (χ3n) is 4.12. The fourth-order valence-corrected chi connectivity index (χ4v) is 2.96. The lowest BCUT2D eigenvalue weighted by molar-refractivity contribution is -0.143. The summed E-state index contributed by atoms with van der Waals surface area (Å²) in [7, 11) is 0. The molecule has 0 aromatic carbocycles. The van der Waals surface area contributed by atoms with Crippen LogP contribution < -0.4 is 10.6 Å². The lowest BCUT2D eigenvalue weighted by Crippen LogP contribution is -2.45. The zero-order chi connectivity index (χ0) is 17.4. The van der Waals surface area contributed by atoms with Crippen molar-refractivity contribution in [2.45, 2.75) is 38.4 Å². The molecule has 2 aliphatic heterocycles. The molecule has 2 N–H and O–H groups in total. The fraction of sp³-hybridized carbons (Fsp3) is 0.812. The van der Waals surface area contributed by atoms with Gasteiger partial charge in [-0.15, -0.1) is 0 Å². The summed E-state index contributed by atoms with van der Waals surface area (Å²) in [4.78, 5) is 5.98. The Morgan fingerprint density at radius 1 is 1.46 bits per heavy atom. The number of nitrogens with zero attached hydrogens (tertiary/aromatic N) is 2. The van der Waals surface area contributed by atoms with Crippen LogP contribution >= 0.6 is 0 Å². The van der Waals surface area contributed by atoms with Crippen LogP contribution in [-0.4, -0.2) is 69.0 Å². The second-order valence-electron chi connectivity index (χ2n) is 6.18. The zero-order valence-electron chi connectivity index (χ0n) is 14.2. The molecule has 1 saturated heterocycles. The van der Waals surface area contributed by atoms with Gasteiger partial charge in [-0.05, 0) is 26.2 Å². The zero-order valence-corrected chi connectivity index (χ0v) is 14.2. The molecule has 138 valence electrons. The van der Waals surface area contributed by atoms with E-state index >= 15 is 0 Å². The summed E-state index contributed by atoms with van der Waals surface area (Å²) >= 11 is 0. The van der Waals surface area contributed by atoms with Gasteiger partial charge in [0.25, 0.3) is 0 Å².